The van der Waals surface area contributed by atoms with E-state index in [1.807, 2.05) is 0 Å². The van der Waals surface area contributed by atoms with E-state index in [1.54, 1.807) is 30.5 Å². The molecule has 0 saturated heterocycles. The molecule has 3 N–H and O–H groups in total. The molecule has 0 fully saturated rings. The number of alkyl halides is 3. The van der Waals surface area contributed by atoms with Gasteiger partial charge in [-0.05, 0) is 42.0 Å². The Hall–Kier alpha value is -3.49. The molecule has 140 valence electrons. The van der Waals surface area contributed by atoms with Crippen LogP contribution in [0.15, 0.2) is 72.1 Å². The van der Waals surface area contributed by atoms with Gasteiger partial charge in [-0.2, -0.15) is 18.3 Å². The van der Waals surface area contributed by atoms with Gasteiger partial charge in [0.05, 0.1) is 17.8 Å². The van der Waals surface area contributed by atoms with Crippen LogP contribution in [-0.4, -0.2) is 14.3 Å². The van der Waals surface area contributed by atoms with Gasteiger partial charge in [-0.1, -0.05) is 12.1 Å². The molecule has 0 bridgehead atoms. The van der Waals surface area contributed by atoms with Crippen LogP contribution in [0, 0.1) is 0 Å². The summed E-state index contributed by atoms with van der Waals surface area (Å²) in [4.78, 5) is 12.5. The van der Waals surface area contributed by atoms with Crippen LogP contribution in [0.1, 0.15) is 11.1 Å². The van der Waals surface area contributed by atoms with Crippen LogP contribution in [0.3, 0.4) is 0 Å². The normalized spacial score (nSPS) is 11.8. The van der Waals surface area contributed by atoms with Crippen molar-refractivity contribution in [2.24, 2.45) is 5.73 Å². The SMILES string of the molecule is N/C=C/Nc1ccc(-n2cnn(Cc3ccc(C(F)(F)F)cc3)c2=O)cc1. The first kappa shape index (κ1) is 18.3. The molecule has 1 heterocycles. The van der Waals surface area contributed by atoms with Crippen LogP contribution in [0.4, 0.5) is 18.9 Å². The molecule has 0 atom stereocenters. The van der Waals surface area contributed by atoms with Crippen molar-refractivity contribution in [1.82, 2.24) is 14.3 Å². The molecule has 0 spiro atoms. The van der Waals surface area contributed by atoms with Crippen molar-refractivity contribution in [3.8, 4) is 5.69 Å². The fourth-order valence-electron chi connectivity index (χ4n) is 2.46. The number of nitrogens with two attached hydrogens (primary N) is 1. The predicted molar refractivity (Wildman–Crippen MR) is 95.3 cm³/mol. The molecule has 6 nitrogen and oxygen atoms in total. The molecule has 27 heavy (non-hydrogen) atoms. The first-order chi connectivity index (χ1) is 12.9. The van der Waals surface area contributed by atoms with Gasteiger partial charge in [0.15, 0.2) is 0 Å². The van der Waals surface area contributed by atoms with Crippen LogP contribution in [0.25, 0.3) is 5.69 Å². The van der Waals surface area contributed by atoms with E-state index in [1.165, 1.54) is 33.9 Å². The van der Waals surface area contributed by atoms with Gasteiger partial charge < -0.3 is 11.1 Å². The zero-order chi connectivity index (χ0) is 19.4. The third kappa shape index (κ3) is 4.20. The summed E-state index contributed by atoms with van der Waals surface area (Å²) in [6, 6.07) is 11.7. The average molecular weight is 375 g/mol. The van der Waals surface area contributed by atoms with Crippen molar-refractivity contribution >= 4 is 5.69 Å². The summed E-state index contributed by atoms with van der Waals surface area (Å²) < 4.78 is 40.4. The number of anilines is 1. The first-order valence-electron chi connectivity index (χ1n) is 7.93. The Morgan fingerprint density at radius 2 is 1.74 bits per heavy atom. The van der Waals surface area contributed by atoms with Gasteiger partial charge in [0, 0.05) is 18.1 Å². The van der Waals surface area contributed by atoms with Crippen LogP contribution in [0.5, 0.6) is 0 Å². The van der Waals surface area contributed by atoms with Gasteiger partial charge in [-0.25, -0.2) is 14.0 Å². The smallest absolute Gasteiger partial charge is 0.403 e. The number of benzene rings is 2. The van der Waals surface area contributed by atoms with E-state index in [-0.39, 0.29) is 6.54 Å². The molecule has 2 aromatic carbocycles. The lowest BCUT2D eigenvalue weighted by molar-refractivity contribution is -0.137. The maximum atomic E-state index is 12.6. The summed E-state index contributed by atoms with van der Waals surface area (Å²) in [6.07, 6.45) is -0.0838. The lowest BCUT2D eigenvalue weighted by Gasteiger charge is -2.07. The predicted octanol–water partition coefficient (Wildman–Crippen LogP) is 2.94. The van der Waals surface area contributed by atoms with E-state index in [2.05, 4.69) is 10.4 Å². The van der Waals surface area contributed by atoms with Gasteiger partial charge >= 0.3 is 11.9 Å². The molecule has 3 rings (SSSR count). The van der Waals surface area contributed by atoms with E-state index in [0.717, 1.165) is 17.8 Å². The van der Waals surface area contributed by atoms with Gasteiger partial charge in [0.2, 0.25) is 0 Å². The highest BCUT2D eigenvalue weighted by Gasteiger charge is 2.29. The van der Waals surface area contributed by atoms with E-state index < -0.39 is 17.4 Å². The monoisotopic (exact) mass is 375 g/mol. The quantitative estimate of drug-likeness (QED) is 0.719. The third-order valence-corrected chi connectivity index (χ3v) is 3.84. The maximum absolute atomic E-state index is 12.6. The summed E-state index contributed by atoms with van der Waals surface area (Å²) in [5, 5.41) is 6.98. The number of nitrogens with zero attached hydrogens (tertiary/aromatic N) is 3. The highest BCUT2D eigenvalue weighted by atomic mass is 19.4. The summed E-state index contributed by atoms with van der Waals surface area (Å²) in [5.41, 5.74) is 6.09. The Bertz CT molecular complexity index is 986. The number of hydrogen-bond donors (Lipinski definition) is 2. The van der Waals surface area contributed by atoms with Gasteiger partial charge in [0.25, 0.3) is 0 Å². The second kappa shape index (κ2) is 7.40. The highest BCUT2D eigenvalue weighted by Crippen LogP contribution is 2.29. The highest BCUT2D eigenvalue weighted by molar-refractivity contribution is 5.50. The van der Waals surface area contributed by atoms with Gasteiger partial charge in [0.1, 0.15) is 6.33 Å². The molecule has 9 heteroatoms. The van der Waals surface area contributed by atoms with Crippen molar-refractivity contribution < 1.29 is 13.2 Å². The molecule has 0 aliphatic rings. The molecule has 0 amide bonds. The zero-order valence-electron chi connectivity index (χ0n) is 14.0. The summed E-state index contributed by atoms with van der Waals surface area (Å²) in [6.45, 7) is 0.0743. The standard InChI is InChI=1S/C18H16F3N5O/c19-18(20,21)14-3-1-13(2-4-14)11-26-17(27)25(12-24-26)16-7-5-15(6-8-16)23-10-9-22/h1-10,12,23H,11,22H2/b10-9+. The second-order valence-corrected chi connectivity index (χ2v) is 5.69. The minimum atomic E-state index is -4.39. The molecule has 0 unspecified atom stereocenters. The van der Waals surface area contributed by atoms with Crippen molar-refractivity contribution in [3.63, 3.8) is 0 Å². The molecule has 0 radical (unpaired) electrons. The molecule has 0 aliphatic carbocycles. The van der Waals surface area contributed by atoms with Crippen LogP contribution in [-0.2, 0) is 12.7 Å². The number of hydrogen-bond acceptors (Lipinski definition) is 4. The Labute approximate surface area is 152 Å². The topological polar surface area (TPSA) is 77.9 Å². The number of nitrogens with one attached hydrogen (secondary N) is 1. The molecule has 1 aromatic heterocycles. The van der Waals surface area contributed by atoms with Crippen LogP contribution in [0.2, 0.25) is 0 Å². The van der Waals surface area contributed by atoms with Gasteiger partial charge in [-0.15, -0.1) is 0 Å². The minimum Gasteiger partial charge on any atom is -0.403 e. The Balaban J connectivity index is 1.78. The van der Waals surface area contributed by atoms with Crippen molar-refractivity contribution in [3.05, 3.63) is 88.9 Å². The Morgan fingerprint density at radius 1 is 1.07 bits per heavy atom. The fraction of sp³-hybridized carbons (Fsp3) is 0.111. The van der Waals surface area contributed by atoms with E-state index in [9.17, 15) is 18.0 Å². The molecule has 0 saturated carbocycles. The number of rotatable bonds is 5. The second-order valence-electron chi connectivity index (χ2n) is 5.69. The lowest BCUT2D eigenvalue weighted by atomic mass is 10.1. The third-order valence-electron chi connectivity index (χ3n) is 3.84. The largest absolute Gasteiger partial charge is 0.416 e. The number of aromatic nitrogens is 3. The Morgan fingerprint density at radius 3 is 2.33 bits per heavy atom. The summed E-state index contributed by atoms with van der Waals surface area (Å²) in [7, 11) is 0. The van der Waals surface area contributed by atoms with Crippen LogP contribution >= 0.6 is 0 Å². The van der Waals surface area contributed by atoms with E-state index in [4.69, 9.17) is 5.73 Å². The lowest BCUT2D eigenvalue weighted by Crippen LogP contribution is -2.24. The molecule has 3 aromatic rings. The molecular formula is C18H16F3N5O. The summed E-state index contributed by atoms with van der Waals surface area (Å²) in [5.74, 6) is 0. The first-order valence-corrected chi connectivity index (χ1v) is 7.93. The van der Waals surface area contributed by atoms with E-state index >= 15 is 0 Å². The van der Waals surface area contributed by atoms with Crippen molar-refractivity contribution in [1.29, 1.82) is 0 Å². The minimum absolute atomic E-state index is 0.0743. The Kier molecular flexibility index (Phi) is 5.02. The molecule has 0 aliphatic heterocycles. The number of halogens is 3. The maximum Gasteiger partial charge on any atom is 0.416 e. The fourth-order valence-corrected chi connectivity index (χ4v) is 2.46. The van der Waals surface area contributed by atoms with Crippen molar-refractivity contribution in [2.75, 3.05) is 5.32 Å². The van der Waals surface area contributed by atoms with Crippen molar-refractivity contribution in [2.45, 2.75) is 12.7 Å². The average Bonchev–Trinajstić information content (AvgIpc) is 3.01. The zero-order valence-corrected chi connectivity index (χ0v) is 14.0. The van der Waals surface area contributed by atoms with Gasteiger partial charge in [-0.3, -0.25) is 0 Å². The summed E-state index contributed by atoms with van der Waals surface area (Å²) >= 11 is 0. The van der Waals surface area contributed by atoms with Crippen LogP contribution < -0.4 is 16.7 Å². The van der Waals surface area contributed by atoms with E-state index in [0.29, 0.717) is 11.3 Å². The molecular weight excluding hydrogens is 359 g/mol.